The first-order valence-electron chi connectivity index (χ1n) is 5.69. The molecule has 7 heteroatoms. The second-order valence-corrected chi connectivity index (χ2v) is 6.27. The Hall–Kier alpha value is -0.470. The van der Waals surface area contributed by atoms with E-state index in [1.54, 1.807) is 31.4 Å². The van der Waals surface area contributed by atoms with E-state index in [9.17, 15) is 8.42 Å². The first-order valence-corrected chi connectivity index (χ1v) is 8.30. The minimum Gasteiger partial charge on any atom is -0.382 e. The third kappa shape index (κ3) is 5.19. The summed E-state index contributed by atoms with van der Waals surface area (Å²) in [5, 5.41) is 0.695. The fourth-order valence-electron chi connectivity index (χ4n) is 1.44. The lowest BCUT2D eigenvalue weighted by Crippen LogP contribution is -2.35. The SMILES string of the molecule is COCC(CNS(=O)(=O)c1ccc(CBr)cc1)OC. The highest BCUT2D eigenvalue weighted by molar-refractivity contribution is 9.08. The second-order valence-electron chi connectivity index (χ2n) is 3.94. The average Bonchev–Trinajstić information content (AvgIpc) is 2.43. The number of benzene rings is 1. The van der Waals surface area contributed by atoms with Crippen molar-refractivity contribution < 1.29 is 17.9 Å². The van der Waals surface area contributed by atoms with Crippen molar-refractivity contribution in [3.63, 3.8) is 0 Å². The highest BCUT2D eigenvalue weighted by atomic mass is 79.9. The van der Waals surface area contributed by atoms with Gasteiger partial charge in [0.1, 0.15) is 0 Å². The molecule has 0 radical (unpaired) electrons. The van der Waals surface area contributed by atoms with Crippen LogP contribution in [-0.4, -0.2) is 41.9 Å². The van der Waals surface area contributed by atoms with Crippen LogP contribution in [0.4, 0.5) is 0 Å². The Morgan fingerprint density at radius 3 is 2.37 bits per heavy atom. The van der Waals surface area contributed by atoms with Crippen LogP contribution in [0.3, 0.4) is 0 Å². The van der Waals surface area contributed by atoms with E-state index in [2.05, 4.69) is 20.7 Å². The molecule has 1 atom stereocenters. The molecule has 0 saturated heterocycles. The highest BCUT2D eigenvalue weighted by Crippen LogP contribution is 2.12. The van der Waals surface area contributed by atoms with Gasteiger partial charge in [0.15, 0.2) is 0 Å². The van der Waals surface area contributed by atoms with E-state index in [1.807, 2.05) is 0 Å². The Bertz CT molecular complexity index is 475. The molecule has 0 aromatic heterocycles. The third-order valence-electron chi connectivity index (χ3n) is 2.57. The van der Waals surface area contributed by atoms with Crippen LogP contribution in [0.25, 0.3) is 0 Å². The van der Waals surface area contributed by atoms with Crippen LogP contribution < -0.4 is 4.72 Å². The summed E-state index contributed by atoms with van der Waals surface area (Å²) in [5.74, 6) is 0. The predicted octanol–water partition coefficient (Wildman–Crippen LogP) is 1.52. The summed E-state index contributed by atoms with van der Waals surface area (Å²) in [5.41, 5.74) is 1.02. The monoisotopic (exact) mass is 351 g/mol. The number of methoxy groups -OCH3 is 2. The molecule has 1 aromatic rings. The van der Waals surface area contributed by atoms with Crippen LogP contribution in [0, 0.1) is 0 Å². The largest absolute Gasteiger partial charge is 0.382 e. The number of hydrogen-bond acceptors (Lipinski definition) is 4. The minimum absolute atomic E-state index is 0.173. The van der Waals surface area contributed by atoms with Gasteiger partial charge in [-0.25, -0.2) is 13.1 Å². The molecule has 1 unspecified atom stereocenters. The number of alkyl halides is 1. The summed E-state index contributed by atoms with van der Waals surface area (Å²) >= 11 is 3.31. The molecule has 0 amide bonds. The quantitative estimate of drug-likeness (QED) is 0.721. The lowest BCUT2D eigenvalue weighted by Gasteiger charge is -2.15. The van der Waals surface area contributed by atoms with E-state index >= 15 is 0 Å². The van der Waals surface area contributed by atoms with Gasteiger partial charge in [-0.1, -0.05) is 28.1 Å². The van der Waals surface area contributed by atoms with E-state index in [0.717, 1.165) is 5.56 Å². The molecule has 1 rings (SSSR count). The molecule has 0 fully saturated rings. The highest BCUT2D eigenvalue weighted by Gasteiger charge is 2.16. The van der Waals surface area contributed by atoms with Gasteiger partial charge in [-0.05, 0) is 17.7 Å². The Kier molecular flexibility index (Phi) is 6.95. The maximum atomic E-state index is 12.0. The number of nitrogens with one attached hydrogen (secondary N) is 1. The maximum absolute atomic E-state index is 12.0. The van der Waals surface area contributed by atoms with E-state index < -0.39 is 10.0 Å². The average molecular weight is 352 g/mol. The van der Waals surface area contributed by atoms with Crippen molar-refractivity contribution in [2.45, 2.75) is 16.3 Å². The van der Waals surface area contributed by atoms with Crippen LogP contribution in [0.2, 0.25) is 0 Å². The standard InChI is InChI=1S/C12H18BrNO4S/c1-17-9-11(18-2)8-14-19(15,16)12-5-3-10(7-13)4-6-12/h3-6,11,14H,7-9H2,1-2H3. The number of ether oxygens (including phenoxy) is 2. The number of sulfonamides is 1. The van der Waals surface area contributed by atoms with E-state index in [-0.39, 0.29) is 17.5 Å². The molecule has 0 saturated carbocycles. The molecule has 1 N–H and O–H groups in total. The molecule has 5 nitrogen and oxygen atoms in total. The normalized spacial score (nSPS) is 13.4. The number of hydrogen-bond donors (Lipinski definition) is 1. The topological polar surface area (TPSA) is 64.6 Å². The zero-order valence-electron chi connectivity index (χ0n) is 10.9. The molecule has 19 heavy (non-hydrogen) atoms. The fourth-order valence-corrected chi connectivity index (χ4v) is 2.88. The zero-order chi connectivity index (χ0) is 14.3. The van der Waals surface area contributed by atoms with Gasteiger partial charge < -0.3 is 9.47 Å². The van der Waals surface area contributed by atoms with Crippen molar-refractivity contribution in [2.75, 3.05) is 27.4 Å². The molecule has 0 aliphatic rings. The molecular weight excluding hydrogens is 334 g/mol. The maximum Gasteiger partial charge on any atom is 0.240 e. The summed E-state index contributed by atoms with van der Waals surface area (Å²) in [7, 11) is -0.452. The summed E-state index contributed by atoms with van der Waals surface area (Å²) in [6.07, 6.45) is -0.304. The van der Waals surface area contributed by atoms with Gasteiger partial charge in [0.25, 0.3) is 0 Å². The van der Waals surface area contributed by atoms with Crippen molar-refractivity contribution >= 4 is 26.0 Å². The van der Waals surface area contributed by atoms with Gasteiger partial charge in [0, 0.05) is 26.1 Å². The van der Waals surface area contributed by atoms with Crippen molar-refractivity contribution in [2.24, 2.45) is 0 Å². The van der Waals surface area contributed by atoms with Gasteiger partial charge in [-0.3, -0.25) is 0 Å². The summed E-state index contributed by atoms with van der Waals surface area (Å²) in [6, 6.07) is 6.70. The zero-order valence-corrected chi connectivity index (χ0v) is 13.3. The van der Waals surface area contributed by atoms with E-state index in [4.69, 9.17) is 9.47 Å². The smallest absolute Gasteiger partial charge is 0.240 e. The minimum atomic E-state index is -3.51. The summed E-state index contributed by atoms with van der Waals surface area (Å²) < 4.78 is 36.6. The molecule has 0 bridgehead atoms. The molecule has 0 aliphatic heterocycles. The van der Waals surface area contributed by atoms with Gasteiger partial charge >= 0.3 is 0 Å². The Balaban J connectivity index is 2.69. The molecular formula is C12H18BrNO4S. The lowest BCUT2D eigenvalue weighted by molar-refractivity contribution is 0.0320. The fraction of sp³-hybridized carbons (Fsp3) is 0.500. The summed E-state index contributed by atoms with van der Waals surface area (Å²) in [4.78, 5) is 0.240. The predicted molar refractivity (Wildman–Crippen MR) is 76.9 cm³/mol. The first-order chi connectivity index (χ1) is 9.03. The van der Waals surface area contributed by atoms with E-state index in [0.29, 0.717) is 11.9 Å². The Labute approximate surface area is 122 Å². The van der Waals surface area contributed by atoms with Gasteiger partial charge in [-0.2, -0.15) is 0 Å². The Morgan fingerprint density at radius 1 is 1.26 bits per heavy atom. The summed E-state index contributed by atoms with van der Waals surface area (Å²) in [6.45, 7) is 0.508. The number of rotatable bonds is 8. The molecule has 0 heterocycles. The lowest BCUT2D eigenvalue weighted by atomic mass is 10.2. The van der Waals surface area contributed by atoms with Crippen LogP contribution in [0.15, 0.2) is 29.2 Å². The van der Waals surface area contributed by atoms with Crippen molar-refractivity contribution in [1.82, 2.24) is 4.72 Å². The van der Waals surface area contributed by atoms with Gasteiger partial charge in [0.05, 0.1) is 17.6 Å². The number of halogens is 1. The van der Waals surface area contributed by atoms with E-state index in [1.165, 1.54) is 7.11 Å². The van der Waals surface area contributed by atoms with Gasteiger partial charge in [-0.15, -0.1) is 0 Å². The Morgan fingerprint density at radius 2 is 1.89 bits per heavy atom. The molecule has 0 spiro atoms. The van der Waals surface area contributed by atoms with Crippen LogP contribution in [0.5, 0.6) is 0 Å². The molecule has 108 valence electrons. The van der Waals surface area contributed by atoms with Crippen LogP contribution >= 0.6 is 15.9 Å². The van der Waals surface area contributed by atoms with Crippen molar-refractivity contribution in [3.05, 3.63) is 29.8 Å². The van der Waals surface area contributed by atoms with Crippen LogP contribution in [-0.2, 0) is 24.8 Å². The second kappa shape index (κ2) is 7.96. The van der Waals surface area contributed by atoms with Crippen LogP contribution in [0.1, 0.15) is 5.56 Å². The van der Waals surface area contributed by atoms with Crippen molar-refractivity contribution in [3.8, 4) is 0 Å². The molecule has 0 aliphatic carbocycles. The molecule has 1 aromatic carbocycles. The van der Waals surface area contributed by atoms with Crippen molar-refractivity contribution in [1.29, 1.82) is 0 Å². The first kappa shape index (κ1) is 16.6. The third-order valence-corrected chi connectivity index (χ3v) is 4.66. The van der Waals surface area contributed by atoms with Gasteiger partial charge in [0.2, 0.25) is 10.0 Å².